The molecule has 1 aliphatic heterocycles. The molecule has 0 spiro atoms. The van der Waals surface area contributed by atoms with Crippen molar-refractivity contribution in [1.82, 2.24) is 10.2 Å². The van der Waals surface area contributed by atoms with E-state index in [1.807, 2.05) is 6.92 Å². The molecule has 1 aromatic carbocycles. The lowest BCUT2D eigenvalue weighted by Gasteiger charge is -2.23. The molecule has 134 valence electrons. The number of hydrogen-bond acceptors (Lipinski definition) is 5. The van der Waals surface area contributed by atoms with E-state index in [9.17, 15) is 24.3 Å². The molecule has 1 aliphatic rings. The highest BCUT2D eigenvalue weighted by Gasteiger charge is 2.41. The quantitative estimate of drug-likeness (QED) is 0.534. The van der Waals surface area contributed by atoms with Crippen LogP contribution in [0.4, 0.5) is 0 Å². The number of hydrogen-bond donors (Lipinski definition) is 2. The van der Waals surface area contributed by atoms with Crippen molar-refractivity contribution in [3.05, 3.63) is 35.4 Å². The molecule has 1 heterocycles. The van der Waals surface area contributed by atoms with Gasteiger partial charge in [0.1, 0.15) is 12.1 Å². The molecule has 0 fully saturated rings. The number of rotatable bonds is 8. The summed E-state index contributed by atoms with van der Waals surface area (Å²) in [4.78, 5) is 49.4. The summed E-state index contributed by atoms with van der Waals surface area (Å²) in [6.07, 6.45) is 0.272. The number of nitrogens with zero attached hydrogens (tertiary/aromatic N) is 1. The Balaban J connectivity index is 2.08. The second kappa shape index (κ2) is 8.15. The molecule has 3 amide bonds. The SMILES string of the molecule is CCSCCC(NC(=O)C(C)N1C(=O)c2ccccc2C1=O)C(=O)O. The van der Waals surface area contributed by atoms with Gasteiger partial charge in [0.05, 0.1) is 11.1 Å². The summed E-state index contributed by atoms with van der Waals surface area (Å²) in [5.74, 6) is -1.45. The summed E-state index contributed by atoms with van der Waals surface area (Å²) in [5.41, 5.74) is 0.502. The van der Waals surface area contributed by atoms with Crippen molar-refractivity contribution in [2.45, 2.75) is 32.4 Å². The highest BCUT2D eigenvalue weighted by atomic mass is 32.2. The zero-order valence-corrected chi connectivity index (χ0v) is 14.8. The number of benzene rings is 1. The number of carboxylic acid groups (broad SMARTS) is 1. The first-order valence-corrected chi connectivity index (χ1v) is 9.11. The van der Waals surface area contributed by atoms with Crippen LogP contribution in [0.25, 0.3) is 0 Å². The fourth-order valence-electron chi connectivity index (χ4n) is 2.57. The number of nitrogens with one attached hydrogen (secondary N) is 1. The lowest BCUT2D eigenvalue weighted by Crippen LogP contribution is -2.52. The van der Waals surface area contributed by atoms with E-state index in [0.717, 1.165) is 10.7 Å². The Kier molecular flexibility index (Phi) is 6.19. The van der Waals surface area contributed by atoms with Gasteiger partial charge in [0, 0.05) is 0 Å². The first kappa shape index (κ1) is 19.0. The van der Waals surface area contributed by atoms with E-state index in [0.29, 0.717) is 5.75 Å². The Morgan fingerprint density at radius 2 is 1.76 bits per heavy atom. The molecule has 2 atom stereocenters. The highest BCUT2D eigenvalue weighted by molar-refractivity contribution is 7.99. The van der Waals surface area contributed by atoms with Gasteiger partial charge >= 0.3 is 5.97 Å². The minimum atomic E-state index is -1.14. The molecule has 8 heteroatoms. The van der Waals surface area contributed by atoms with Gasteiger partial charge in [0.25, 0.3) is 11.8 Å². The molecule has 2 unspecified atom stereocenters. The van der Waals surface area contributed by atoms with Gasteiger partial charge in [-0.25, -0.2) is 4.79 Å². The van der Waals surface area contributed by atoms with Crippen LogP contribution in [0.15, 0.2) is 24.3 Å². The van der Waals surface area contributed by atoms with Crippen LogP contribution in [0.5, 0.6) is 0 Å². The molecule has 0 saturated carbocycles. The maximum absolute atomic E-state index is 12.4. The zero-order valence-electron chi connectivity index (χ0n) is 14.0. The smallest absolute Gasteiger partial charge is 0.326 e. The molecule has 0 aliphatic carbocycles. The second-order valence-electron chi connectivity index (χ2n) is 5.59. The van der Waals surface area contributed by atoms with Gasteiger partial charge < -0.3 is 10.4 Å². The molecule has 0 bridgehead atoms. The fourth-order valence-corrected chi connectivity index (χ4v) is 3.26. The lowest BCUT2D eigenvalue weighted by molar-refractivity contribution is -0.142. The Morgan fingerprint density at radius 1 is 1.20 bits per heavy atom. The molecule has 0 radical (unpaired) electrons. The number of fused-ring (bicyclic) bond motifs is 1. The van der Waals surface area contributed by atoms with Crippen LogP contribution in [0.1, 0.15) is 41.0 Å². The number of imide groups is 1. The second-order valence-corrected chi connectivity index (χ2v) is 6.98. The van der Waals surface area contributed by atoms with Gasteiger partial charge in [-0.15, -0.1) is 0 Å². The molecular formula is C17H20N2O5S. The summed E-state index contributed by atoms with van der Waals surface area (Å²) in [6, 6.07) is 4.20. The summed E-state index contributed by atoms with van der Waals surface area (Å²) in [5, 5.41) is 11.7. The average molecular weight is 364 g/mol. The van der Waals surface area contributed by atoms with Gasteiger partial charge in [0.2, 0.25) is 5.91 Å². The van der Waals surface area contributed by atoms with Crippen LogP contribution in [0.2, 0.25) is 0 Å². The molecule has 1 aromatic rings. The van der Waals surface area contributed by atoms with Crippen LogP contribution in [0, 0.1) is 0 Å². The molecule has 7 nitrogen and oxygen atoms in total. The van der Waals surface area contributed by atoms with Gasteiger partial charge in [-0.05, 0) is 37.0 Å². The largest absolute Gasteiger partial charge is 0.480 e. The van der Waals surface area contributed by atoms with Crippen molar-refractivity contribution in [2.24, 2.45) is 0 Å². The number of amides is 3. The molecular weight excluding hydrogens is 344 g/mol. The Labute approximate surface area is 149 Å². The summed E-state index contributed by atoms with van der Waals surface area (Å²) < 4.78 is 0. The Morgan fingerprint density at radius 3 is 2.24 bits per heavy atom. The maximum Gasteiger partial charge on any atom is 0.326 e. The molecule has 2 rings (SSSR count). The minimum Gasteiger partial charge on any atom is -0.480 e. The molecule has 0 aromatic heterocycles. The minimum absolute atomic E-state index is 0.251. The van der Waals surface area contributed by atoms with Gasteiger partial charge in [-0.2, -0.15) is 11.8 Å². The topological polar surface area (TPSA) is 104 Å². The van der Waals surface area contributed by atoms with Crippen molar-refractivity contribution in [3.8, 4) is 0 Å². The van der Waals surface area contributed by atoms with E-state index in [4.69, 9.17) is 0 Å². The molecule has 2 N–H and O–H groups in total. The number of carboxylic acids is 1. The fraction of sp³-hybridized carbons (Fsp3) is 0.412. The highest BCUT2D eigenvalue weighted by Crippen LogP contribution is 2.24. The monoisotopic (exact) mass is 364 g/mol. The van der Waals surface area contributed by atoms with E-state index in [1.165, 1.54) is 19.1 Å². The zero-order chi connectivity index (χ0) is 18.6. The average Bonchev–Trinajstić information content (AvgIpc) is 2.84. The van der Waals surface area contributed by atoms with Crippen LogP contribution in [0.3, 0.4) is 0 Å². The van der Waals surface area contributed by atoms with E-state index in [1.54, 1.807) is 23.9 Å². The van der Waals surface area contributed by atoms with Gasteiger partial charge in [-0.3, -0.25) is 19.3 Å². The third kappa shape index (κ3) is 4.01. The normalized spacial score (nSPS) is 15.7. The summed E-state index contributed by atoms with van der Waals surface area (Å²) >= 11 is 1.57. The number of carbonyl (C=O) groups is 4. The van der Waals surface area contributed by atoms with Crippen LogP contribution in [-0.4, -0.2) is 57.3 Å². The van der Waals surface area contributed by atoms with Gasteiger partial charge in [-0.1, -0.05) is 19.1 Å². The Bertz CT molecular complexity index is 671. The van der Waals surface area contributed by atoms with E-state index < -0.39 is 35.8 Å². The summed E-state index contributed by atoms with van der Waals surface area (Å²) in [7, 11) is 0. The predicted molar refractivity (Wildman–Crippen MR) is 93.6 cm³/mol. The van der Waals surface area contributed by atoms with E-state index in [2.05, 4.69) is 5.32 Å². The van der Waals surface area contributed by atoms with Crippen molar-refractivity contribution in [3.63, 3.8) is 0 Å². The van der Waals surface area contributed by atoms with Crippen molar-refractivity contribution < 1.29 is 24.3 Å². The van der Waals surface area contributed by atoms with E-state index in [-0.39, 0.29) is 17.5 Å². The first-order valence-electron chi connectivity index (χ1n) is 7.96. The Hall–Kier alpha value is -2.35. The predicted octanol–water partition coefficient (Wildman–Crippen LogP) is 1.38. The van der Waals surface area contributed by atoms with Crippen LogP contribution >= 0.6 is 11.8 Å². The van der Waals surface area contributed by atoms with Crippen LogP contribution in [-0.2, 0) is 9.59 Å². The third-order valence-corrected chi connectivity index (χ3v) is 4.89. The van der Waals surface area contributed by atoms with Gasteiger partial charge in [0.15, 0.2) is 0 Å². The van der Waals surface area contributed by atoms with Crippen molar-refractivity contribution in [2.75, 3.05) is 11.5 Å². The molecule has 25 heavy (non-hydrogen) atoms. The standard InChI is InChI=1S/C17H20N2O5S/c1-3-25-9-8-13(17(23)24)18-14(20)10(2)19-15(21)11-6-4-5-7-12(11)16(19)22/h4-7,10,13H,3,8-9H2,1-2H3,(H,18,20)(H,23,24). The van der Waals surface area contributed by atoms with Crippen molar-refractivity contribution >= 4 is 35.5 Å². The molecule has 0 saturated heterocycles. The summed E-state index contributed by atoms with van der Waals surface area (Å²) in [6.45, 7) is 3.38. The van der Waals surface area contributed by atoms with Crippen molar-refractivity contribution in [1.29, 1.82) is 0 Å². The first-order chi connectivity index (χ1) is 11.9. The number of thioether (sulfide) groups is 1. The van der Waals surface area contributed by atoms with Crippen LogP contribution < -0.4 is 5.32 Å². The number of carbonyl (C=O) groups excluding carboxylic acids is 3. The lowest BCUT2D eigenvalue weighted by atomic mass is 10.1. The maximum atomic E-state index is 12.4. The van der Waals surface area contributed by atoms with E-state index >= 15 is 0 Å². The number of aliphatic carboxylic acids is 1. The third-order valence-electron chi connectivity index (χ3n) is 3.96.